The van der Waals surface area contributed by atoms with E-state index in [1.807, 2.05) is 54.0 Å². The molecule has 8 heteroatoms. The van der Waals surface area contributed by atoms with Gasteiger partial charge in [0, 0.05) is 42.7 Å². The number of hydrogen-bond acceptors (Lipinski definition) is 5. The zero-order chi connectivity index (χ0) is 22.7. The first-order chi connectivity index (χ1) is 15.5. The summed E-state index contributed by atoms with van der Waals surface area (Å²) in [5.74, 6) is 2.75. The fourth-order valence-corrected chi connectivity index (χ4v) is 5.21. The number of rotatable bonds is 4. The number of nitrogens with one attached hydrogen (secondary N) is 1. The Morgan fingerprint density at radius 1 is 1.09 bits per heavy atom. The molecule has 2 aliphatic rings. The summed E-state index contributed by atoms with van der Waals surface area (Å²) in [5, 5.41) is 3.01. The second-order valence-electron chi connectivity index (χ2n) is 8.36. The molecule has 2 aromatic rings. The van der Waals surface area contributed by atoms with Crippen LogP contribution >= 0.6 is 11.8 Å². The van der Waals surface area contributed by atoms with Gasteiger partial charge in [0.2, 0.25) is 0 Å². The number of carbonyl (C=O) groups is 2. The van der Waals surface area contributed by atoms with E-state index in [1.165, 1.54) is 0 Å². The largest absolute Gasteiger partial charge is 0.497 e. The van der Waals surface area contributed by atoms with Crippen LogP contribution in [0.2, 0.25) is 0 Å². The van der Waals surface area contributed by atoms with E-state index in [-0.39, 0.29) is 17.9 Å². The molecule has 0 spiro atoms. The third-order valence-electron chi connectivity index (χ3n) is 6.18. The topological polar surface area (TPSA) is 74.8 Å². The summed E-state index contributed by atoms with van der Waals surface area (Å²) < 4.78 is 5.24. The van der Waals surface area contributed by atoms with Crippen molar-refractivity contribution in [2.24, 2.45) is 0 Å². The first kappa shape index (κ1) is 22.5. The first-order valence-corrected chi connectivity index (χ1v) is 12.2. The minimum atomic E-state index is -0.0979. The molecule has 0 radical (unpaired) electrons. The van der Waals surface area contributed by atoms with Gasteiger partial charge in [0.1, 0.15) is 5.75 Å². The summed E-state index contributed by atoms with van der Waals surface area (Å²) in [5.41, 5.74) is 4.27. The van der Waals surface area contributed by atoms with Gasteiger partial charge in [-0.15, -0.1) is 11.8 Å². The maximum absolute atomic E-state index is 13.1. The second-order valence-corrected chi connectivity index (χ2v) is 9.44. The van der Waals surface area contributed by atoms with Crippen molar-refractivity contribution in [1.29, 1.82) is 0 Å². The molecule has 2 fully saturated rings. The van der Waals surface area contributed by atoms with Gasteiger partial charge in [0.25, 0.3) is 5.91 Å². The summed E-state index contributed by atoms with van der Waals surface area (Å²) in [6.45, 7) is 5.97. The number of carbonyl (C=O) groups excluding carboxylic acids is 2. The molecule has 7 nitrogen and oxygen atoms in total. The molecule has 3 amide bonds. The minimum absolute atomic E-state index is 0.0765. The van der Waals surface area contributed by atoms with Crippen molar-refractivity contribution in [3.8, 4) is 5.75 Å². The molecule has 1 aromatic carbocycles. The van der Waals surface area contributed by atoms with E-state index in [0.717, 1.165) is 65.0 Å². The lowest BCUT2D eigenvalue weighted by molar-refractivity contribution is 0.0799. The van der Waals surface area contributed by atoms with Gasteiger partial charge < -0.3 is 19.9 Å². The SMILES string of the molecule is COc1ccc(NC(=O)N2CCC(c3nc(C)ccc3C(=O)N3CCSC3)CC2)c(C)c1. The van der Waals surface area contributed by atoms with E-state index >= 15 is 0 Å². The van der Waals surface area contributed by atoms with Gasteiger partial charge in [0.15, 0.2) is 0 Å². The molecular formula is C24H30N4O3S. The zero-order valence-electron chi connectivity index (χ0n) is 18.9. The fraction of sp³-hybridized carbons (Fsp3) is 0.458. The van der Waals surface area contributed by atoms with Crippen LogP contribution in [0.4, 0.5) is 10.5 Å². The highest BCUT2D eigenvalue weighted by atomic mass is 32.2. The number of ether oxygens (including phenoxy) is 1. The van der Waals surface area contributed by atoms with Crippen LogP contribution in [0.1, 0.15) is 46.1 Å². The van der Waals surface area contributed by atoms with Gasteiger partial charge in [-0.3, -0.25) is 9.78 Å². The summed E-state index contributed by atoms with van der Waals surface area (Å²) in [6, 6.07) is 9.36. The molecule has 0 bridgehead atoms. The predicted molar refractivity (Wildman–Crippen MR) is 128 cm³/mol. The number of thioether (sulfide) groups is 1. The lowest BCUT2D eigenvalue weighted by Crippen LogP contribution is -2.41. The number of pyridine rings is 1. The van der Waals surface area contributed by atoms with Crippen molar-refractivity contribution < 1.29 is 14.3 Å². The third-order valence-corrected chi connectivity index (χ3v) is 7.14. The van der Waals surface area contributed by atoms with Crippen LogP contribution in [0.5, 0.6) is 5.75 Å². The Hall–Kier alpha value is -2.74. The predicted octanol–water partition coefficient (Wildman–Crippen LogP) is 4.27. The number of piperidine rings is 1. The molecule has 2 saturated heterocycles. The third kappa shape index (κ3) is 4.85. The van der Waals surface area contributed by atoms with Gasteiger partial charge in [-0.2, -0.15) is 0 Å². The molecule has 1 N–H and O–H groups in total. The summed E-state index contributed by atoms with van der Waals surface area (Å²) in [4.78, 5) is 34.4. The van der Waals surface area contributed by atoms with E-state index < -0.39 is 0 Å². The van der Waals surface area contributed by atoms with Crippen LogP contribution in [0.3, 0.4) is 0 Å². The van der Waals surface area contributed by atoms with Gasteiger partial charge in [0.05, 0.1) is 24.2 Å². The Bertz CT molecular complexity index is 999. The average molecular weight is 455 g/mol. The number of aromatic nitrogens is 1. The summed E-state index contributed by atoms with van der Waals surface area (Å²) in [7, 11) is 1.63. The number of aryl methyl sites for hydroxylation is 2. The molecule has 0 atom stereocenters. The number of hydrogen-bond donors (Lipinski definition) is 1. The monoisotopic (exact) mass is 454 g/mol. The maximum Gasteiger partial charge on any atom is 0.321 e. The molecule has 0 saturated carbocycles. The van der Waals surface area contributed by atoms with E-state index in [0.29, 0.717) is 13.1 Å². The fourth-order valence-electron chi connectivity index (χ4n) is 4.27. The average Bonchev–Trinajstić information content (AvgIpc) is 3.35. The van der Waals surface area contributed by atoms with Gasteiger partial charge in [-0.25, -0.2) is 4.79 Å². The minimum Gasteiger partial charge on any atom is -0.497 e. The number of amides is 3. The standard InChI is InChI=1S/C24H30N4O3S/c1-16-14-19(31-3)5-7-21(16)26-24(30)27-10-8-18(9-11-27)22-20(6-4-17(2)25-22)23(29)28-12-13-32-15-28/h4-7,14,18H,8-13,15H2,1-3H3,(H,26,30). The van der Waals surface area contributed by atoms with Crippen molar-refractivity contribution in [1.82, 2.24) is 14.8 Å². The van der Waals surface area contributed by atoms with E-state index in [1.54, 1.807) is 18.9 Å². The van der Waals surface area contributed by atoms with Gasteiger partial charge in [-0.1, -0.05) is 0 Å². The van der Waals surface area contributed by atoms with Crippen LogP contribution in [-0.2, 0) is 0 Å². The first-order valence-electron chi connectivity index (χ1n) is 11.0. The molecule has 32 heavy (non-hydrogen) atoms. The lowest BCUT2D eigenvalue weighted by Gasteiger charge is -2.33. The van der Waals surface area contributed by atoms with Crippen LogP contribution in [-0.4, -0.2) is 65.1 Å². The molecule has 3 heterocycles. The maximum atomic E-state index is 13.1. The van der Waals surface area contributed by atoms with E-state index in [4.69, 9.17) is 9.72 Å². The molecule has 0 unspecified atom stereocenters. The van der Waals surface area contributed by atoms with Gasteiger partial charge >= 0.3 is 6.03 Å². The molecule has 0 aliphatic carbocycles. The zero-order valence-corrected chi connectivity index (χ0v) is 19.7. The number of likely N-dealkylation sites (tertiary alicyclic amines) is 1. The number of methoxy groups -OCH3 is 1. The Kier molecular flexibility index (Phi) is 6.89. The van der Waals surface area contributed by atoms with Gasteiger partial charge in [-0.05, 0) is 62.6 Å². The summed E-state index contributed by atoms with van der Waals surface area (Å²) in [6.07, 6.45) is 1.58. The van der Waals surface area contributed by atoms with E-state index in [2.05, 4.69) is 5.32 Å². The Labute approximate surface area is 193 Å². The van der Waals surface area contributed by atoms with Crippen molar-refractivity contribution in [2.45, 2.75) is 32.6 Å². The Morgan fingerprint density at radius 2 is 1.88 bits per heavy atom. The van der Waals surface area contributed by atoms with Crippen LogP contribution in [0.15, 0.2) is 30.3 Å². The highest BCUT2D eigenvalue weighted by Crippen LogP contribution is 2.31. The van der Waals surface area contributed by atoms with Crippen LogP contribution in [0, 0.1) is 13.8 Å². The quantitative estimate of drug-likeness (QED) is 0.747. The molecule has 1 aromatic heterocycles. The Balaban J connectivity index is 1.42. The number of anilines is 1. The van der Waals surface area contributed by atoms with Crippen LogP contribution < -0.4 is 10.1 Å². The Morgan fingerprint density at radius 3 is 2.53 bits per heavy atom. The number of benzene rings is 1. The second kappa shape index (κ2) is 9.81. The summed E-state index contributed by atoms with van der Waals surface area (Å²) >= 11 is 1.78. The van der Waals surface area contributed by atoms with E-state index in [9.17, 15) is 9.59 Å². The van der Waals surface area contributed by atoms with Crippen LogP contribution in [0.25, 0.3) is 0 Å². The lowest BCUT2D eigenvalue weighted by atomic mass is 9.90. The molecule has 4 rings (SSSR count). The highest BCUT2D eigenvalue weighted by Gasteiger charge is 2.30. The van der Waals surface area contributed by atoms with Crippen molar-refractivity contribution >= 4 is 29.4 Å². The molecule has 2 aliphatic heterocycles. The van der Waals surface area contributed by atoms with Crippen molar-refractivity contribution in [3.63, 3.8) is 0 Å². The molecule has 170 valence electrons. The number of nitrogens with zero attached hydrogens (tertiary/aromatic N) is 3. The normalized spacial score (nSPS) is 16.8. The molecular weight excluding hydrogens is 424 g/mol. The number of urea groups is 1. The smallest absolute Gasteiger partial charge is 0.321 e. The van der Waals surface area contributed by atoms with Crippen molar-refractivity contribution in [3.05, 3.63) is 52.8 Å². The van der Waals surface area contributed by atoms with Crippen molar-refractivity contribution in [2.75, 3.05) is 43.7 Å². The highest BCUT2D eigenvalue weighted by molar-refractivity contribution is 7.99.